The highest BCUT2D eigenvalue weighted by atomic mass is 79.9. The zero-order chi connectivity index (χ0) is 22.7. The first-order valence-corrected chi connectivity index (χ1v) is 9.74. The number of carboxylic acids is 1. The number of nitrogens with zero attached hydrogens (tertiary/aromatic N) is 2. The molecule has 0 radical (unpaired) electrons. The number of primary amides is 1. The fraction of sp³-hybridized carbons (Fsp3) is 0.529. The lowest BCUT2D eigenvalue weighted by Crippen LogP contribution is -2.44. The third-order valence-electron chi connectivity index (χ3n) is 5.81. The molecular weight excluding hydrogens is 466 g/mol. The fourth-order valence-electron chi connectivity index (χ4n) is 3.58. The lowest BCUT2D eigenvalue weighted by Gasteiger charge is -2.32. The van der Waals surface area contributed by atoms with Gasteiger partial charge in [-0.3, -0.25) is 9.59 Å². The van der Waals surface area contributed by atoms with Gasteiger partial charge in [-0.15, -0.1) is 0 Å². The van der Waals surface area contributed by atoms with E-state index in [-0.39, 0.29) is 27.0 Å². The number of amides is 1. The molecule has 0 saturated carbocycles. The molecule has 2 aromatic heterocycles. The van der Waals surface area contributed by atoms with Gasteiger partial charge in [0.05, 0.1) is 27.1 Å². The van der Waals surface area contributed by atoms with Crippen molar-refractivity contribution in [3.05, 3.63) is 20.7 Å². The van der Waals surface area contributed by atoms with E-state index >= 15 is 0 Å². The summed E-state index contributed by atoms with van der Waals surface area (Å²) in [6.45, 7) is 4.49. The molecule has 1 aliphatic heterocycles. The Bertz CT molecular complexity index is 1090. The number of rotatable bonds is 5. The second-order valence-corrected chi connectivity index (χ2v) is 8.63. The average molecular weight is 488 g/mol. The zero-order valence-corrected chi connectivity index (χ0v) is 17.9. The minimum atomic E-state index is -1.59. The third kappa shape index (κ3) is 3.17. The van der Waals surface area contributed by atoms with Crippen molar-refractivity contribution < 1.29 is 29.6 Å². The summed E-state index contributed by atoms with van der Waals surface area (Å²) in [7, 11) is 0. The average Bonchev–Trinajstić information content (AvgIpc) is 3.13. The molecule has 0 aromatic carbocycles. The molecule has 0 aliphatic carbocycles. The van der Waals surface area contributed by atoms with Gasteiger partial charge in [0.15, 0.2) is 6.23 Å². The molecule has 3 rings (SSSR count). The van der Waals surface area contributed by atoms with E-state index in [1.54, 1.807) is 6.92 Å². The number of hydrogen-bond donors (Lipinski definition) is 6. The van der Waals surface area contributed by atoms with E-state index in [2.05, 4.69) is 25.9 Å². The molecule has 1 saturated heterocycles. The molecule has 1 aliphatic rings. The fourth-order valence-corrected chi connectivity index (χ4v) is 4.16. The predicted molar refractivity (Wildman–Crippen MR) is 107 cm³/mol. The lowest BCUT2D eigenvalue weighted by atomic mass is 9.75. The monoisotopic (exact) mass is 487 g/mol. The van der Waals surface area contributed by atoms with Crippen LogP contribution in [0.3, 0.4) is 0 Å². The summed E-state index contributed by atoms with van der Waals surface area (Å²) in [5.41, 5.74) is 8.94. The number of nitrogen functional groups attached to an aromatic ring is 1. The number of carbonyl (C=O) groups excluding carboxylic acids is 1. The third-order valence-corrected chi connectivity index (χ3v) is 6.41. The van der Waals surface area contributed by atoms with Crippen molar-refractivity contribution in [3.8, 4) is 0 Å². The van der Waals surface area contributed by atoms with Crippen molar-refractivity contribution in [2.24, 2.45) is 17.1 Å². The number of hydrogen-bond acceptors (Lipinski definition) is 8. The molecule has 2 aromatic rings. The van der Waals surface area contributed by atoms with Gasteiger partial charge < -0.3 is 36.5 Å². The topological polar surface area (TPSA) is 207 Å². The summed E-state index contributed by atoms with van der Waals surface area (Å²) >= 11 is 3.14. The van der Waals surface area contributed by atoms with Gasteiger partial charge in [0.2, 0.25) is 0 Å². The Balaban J connectivity index is 2.15. The van der Waals surface area contributed by atoms with Crippen LogP contribution in [-0.4, -0.2) is 60.0 Å². The normalized spacial score (nSPS) is 25.5. The first kappa shape index (κ1) is 22.2. The number of aliphatic carboxylic acids is 1. The van der Waals surface area contributed by atoms with E-state index in [0.717, 1.165) is 4.57 Å². The Morgan fingerprint density at radius 1 is 1.33 bits per heavy atom. The summed E-state index contributed by atoms with van der Waals surface area (Å²) in [5.74, 6) is -2.95. The van der Waals surface area contributed by atoms with Gasteiger partial charge in [-0.05, 0) is 29.8 Å². The number of aliphatic hydroxyl groups excluding tert-OH is 2. The Kier molecular flexibility index (Phi) is 5.43. The van der Waals surface area contributed by atoms with Crippen LogP contribution in [0, 0.1) is 11.3 Å². The quantitative estimate of drug-likeness (QED) is 0.321. The van der Waals surface area contributed by atoms with E-state index in [1.807, 2.05) is 0 Å². The van der Waals surface area contributed by atoms with E-state index in [9.17, 15) is 29.7 Å². The number of ether oxygens (including phenoxy) is 1. The second-order valence-electron chi connectivity index (χ2n) is 7.84. The second kappa shape index (κ2) is 7.34. The lowest BCUT2D eigenvalue weighted by molar-refractivity contribution is -0.156. The van der Waals surface area contributed by atoms with Gasteiger partial charge in [-0.25, -0.2) is 9.36 Å². The van der Waals surface area contributed by atoms with Crippen LogP contribution in [0.2, 0.25) is 0 Å². The first-order chi connectivity index (χ1) is 13.8. The largest absolute Gasteiger partial charge is 0.481 e. The number of aromatic amines is 1. The maximum Gasteiger partial charge on any atom is 0.353 e. The van der Waals surface area contributed by atoms with E-state index in [0.29, 0.717) is 0 Å². The van der Waals surface area contributed by atoms with Crippen molar-refractivity contribution in [3.63, 3.8) is 0 Å². The molecule has 0 spiro atoms. The van der Waals surface area contributed by atoms with Gasteiger partial charge in [0.1, 0.15) is 23.7 Å². The number of nitrogens with two attached hydrogens (primary N) is 2. The van der Waals surface area contributed by atoms with Crippen molar-refractivity contribution in [1.82, 2.24) is 14.5 Å². The van der Waals surface area contributed by atoms with Crippen LogP contribution < -0.4 is 17.2 Å². The highest BCUT2D eigenvalue weighted by Crippen LogP contribution is 2.41. The van der Waals surface area contributed by atoms with Gasteiger partial charge in [-0.1, -0.05) is 6.92 Å². The minimum Gasteiger partial charge on any atom is -0.481 e. The van der Waals surface area contributed by atoms with Crippen LogP contribution in [0.4, 0.5) is 5.82 Å². The van der Waals surface area contributed by atoms with Crippen molar-refractivity contribution >= 4 is 44.7 Å². The SMILES string of the molecule is CC([C@@H]1O[C@H](n2c(=O)nc(N)c3c(C(N)=O)c(Br)[nH]c32)[C@H](O)[C@H]1O)C(C)(C)C(=O)O. The van der Waals surface area contributed by atoms with Crippen LogP contribution >= 0.6 is 15.9 Å². The van der Waals surface area contributed by atoms with Crippen LogP contribution in [0.1, 0.15) is 37.4 Å². The van der Waals surface area contributed by atoms with Gasteiger partial charge in [0.25, 0.3) is 5.91 Å². The number of carbonyl (C=O) groups is 2. The molecule has 164 valence electrons. The van der Waals surface area contributed by atoms with Crippen molar-refractivity contribution in [2.45, 2.75) is 45.3 Å². The van der Waals surface area contributed by atoms with Crippen LogP contribution in [-0.2, 0) is 9.53 Å². The molecule has 1 unspecified atom stereocenters. The molecule has 12 nitrogen and oxygen atoms in total. The summed E-state index contributed by atoms with van der Waals surface area (Å²) in [5, 5.41) is 30.7. The van der Waals surface area contributed by atoms with Gasteiger partial charge in [0, 0.05) is 5.92 Å². The number of aromatic nitrogens is 3. The molecule has 5 atom stereocenters. The first-order valence-electron chi connectivity index (χ1n) is 8.94. The highest BCUT2D eigenvalue weighted by molar-refractivity contribution is 9.10. The Hall–Kier alpha value is -2.48. The maximum atomic E-state index is 12.6. The number of fused-ring (bicyclic) bond motifs is 1. The molecule has 1 fully saturated rings. The predicted octanol–water partition coefficient (Wildman–Crippen LogP) is -0.466. The van der Waals surface area contributed by atoms with Crippen LogP contribution in [0.15, 0.2) is 9.40 Å². The molecule has 3 heterocycles. The maximum absolute atomic E-state index is 12.6. The van der Waals surface area contributed by atoms with Crippen molar-refractivity contribution in [1.29, 1.82) is 0 Å². The summed E-state index contributed by atoms with van der Waals surface area (Å²) < 4.78 is 6.83. The Labute approximate surface area is 178 Å². The van der Waals surface area contributed by atoms with Crippen LogP contribution in [0.25, 0.3) is 11.0 Å². The van der Waals surface area contributed by atoms with E-state index in [4.69, 9.17) is 16.2 Å². The summed E-state index contributed by atoms with van der Waals surface area (Å²) in [4.78, 5) is 42.5. The number of aliphatic hydroxyl groups is 2. The molecule has 30 heavy (non-hydrogen) atoms. The summed E-state index contributed by atoms with van der Waals surface area (Å²) in [6, 6.07) is 0. The Morgan fingerprint density at radius 3 is 2.47 bits per heavy atom. The Morgan fingerprint density at radius 2 is 1.93 bits per heavy atom. The summed E-state index contributed by atoms with van der Waals surface area (Å²) in [6.07, 6.45) is -5.61. The van der Waals surface area contributed by atoms with Gasteiger partial charge >= 0.3 is 11.7 Å². The standard InChI is InChI=1S/C17H22BrN5O7/c1-4(17(2,3)15(27)28)9-7(24)8(25)14(30-9)23-13-6(11(19)22-16(23)29)5(12(20)26)10(18)21-13/h4,7-9,14,21,24-25H,1-3H3,(H2,20,26)(H,27,28)(H2,19,22,29)/t4?,7-,8-,9+,14+/m1/s1. The zero-order valence-electron chi connectivity index (χ0n) is 16.3. The van der Waals surface area contributed by atoms with Crippen LogP contribution in [0.5, 0.6) is 0 Å². The van der Waals surface area contributed by atoms with E-state index in [1.165, 1.54) is 13.8 Å². The highest BCUT2D eigenvalue weighted by Gasteiger charge is 2.51. The number of anilines is 1. The number of H-pyrrole nitrogens is 1. The molecule has 8 N–H and O–H groups in total. The molecule has 1 amide bonds. The number of carboxylic acid groups (broad SMARTS) is 1. The number of halogens is 1. The van der Waals surface area contributed by atoms with Gasteiger partial charge in [-0.2, -0.15) is 4.98 Å². The number of nitrogens with one attached hydrogen (secondary N) is 1. The smallest absolute Gasteiger partial charge is 0.353 e. The molecule has 13 heteroatoms. The minimum absolute atomic E-state index is 0.00442. The molecular formula is C17H22BrN5O7. The van der Waals surface area contributed by atoms with Crippen molar-refractivity contribution in [2.75, 3.05) is 5.73 Å². The van der Waals surface area contributed by atoms with E-state index < -0.39 is 53.4 Å². The molecule has 0 bridgehead atoms.